The number of fused-ring (bicyclic) bond motifs is 1. The lowest BCUT2D eigenvalue weighted by atomic mass is 9.91. The van der Waals surface area contributed by atoms with Crippen LogP contribution in [-0.4, -0.2) is 44.1 Å². The van der Waals surface area contributed by atoms with Crippen molar-refractivity contribution in [3.05, 3.63) is 44.7 Å². The summed E-state index contributed by atoms with van der Waals surface area (Å²) >= 11 is 6.86. The highest BCUT2D eigenvalue weighted by Crippen LogP contribution is 2.35. The molecule has 2 aliphatic heterocycles. The van der Waals surface area contributed by atoms with Crippen LogP contribution in [0.25, 0.3) is 11.7 Å². The number of amides is 1. The highest BCUT2D eigenvalue weighted by molar-refractivity contribution is 8.26. The smallest absolute Gasteiger partial charge is 0.267 e. The Morgan fingerprint density at radius 3 is 2.53 bits per heavy atom. The number of nitrogens with zero attached hydrogens (tertiary/aromatic N) is 4. The number of thiocarbonyl (C=S) groups is 1. The first kappa shape index (κ1) is 26.9. The lowest BCUT2D eigenvalue weighted by molar-refractivity contribution is -0.122. The van der Waals surface area contributed by atoms with Gasteiger partial charge in [-0.05, 0) is 49.3 Å². The first-order chi connectivity index (χ1) is 17.3. The summed E-state index contributed by atoms with van der Waals surface area (Å²) in [6, 6.07) is 3.83. The van der Waals surface area contributed by atoms with E-state index >= 15 is 0 Å². The topological polar surface area (TPSA) is 57.9 Å². The monoisotopic (exact) mass is 526 g/mol. The van der Waals surface area contributed by atoms with Crippen molar-refractivity contribution in [1.29, 1.82) is 0 Å². The molecule has 194 valence electrons. The van der Waals surface area contributed by atoms with Crippen LogP contribution in [0.1, 0.15) is 76.8 Å². The predicted molar refractivity (Wildman–Crippen MR) is 155 cm³/mol. The Bertz CT molecular complexity index is 1210. The van der Waals surface area contributed by atoms with Gasteiger partial charge in [0, 0.05) is 25.8 Å². The first-order valence-electron chi connectivity index (χ1n) is 13.3. The van der Waals surface area contributed by atoms with Gasteiger partial charge in [0.15, 0.2) is 0 Å². The Hall–Kier alpha value is -2.19. The summed E-state index contributed by atoms with van der Waals surface area (Å²) < 4.78 is 2.17. The summed E-state index contributed by atoms with van der Waals surface area (Å²) in [6.07, 6.45) is 11.6. The molecule has 6 nitrogen and oxygen atoms in total. The van der Waals surface area contributed by atoms with Gasteiger partial charge < -0.3 is 4.90 Å². The molecule has 2 fully saturated rings. The molecule has 1 amide bonds. The highest BCUT2D eigenvalue weighted by atomic mass is 32.2. The second kappa shape index (κ2) is 11.9. The lowest BCUT2D eigenvalue weighted by Crippen LogP contribution is -2.40. The summed E-state index contributed by atoms with van der Waals surface area (Å²) in [7, 11) is 0. The van der Waals surface area contributed by atoms with Crippen molar-refractivity contribution in [1.82, 2.24) is 14.3 Å². The van der Waals surface area contributed by atoms with Gasteiger partial charge in [0.1, 0.15) is 15.8 Å². The third kappa shape index (κ3) is 5.86. The molecule has 0 bridgehead atoms. The van der Waals surface area contributed by atoms with Gasteiger partial charge in [-0.3, -0.25) is 18.9 Å². The number of carbonyl (C=O) groups excluding carboxylic acids is 1. The maximum absolute atomic E-state index is 13.7. The molecule has 2 aliphatic rings. The van der Waals surface area contributed by atoms with Gasteiger partial charge in [-0.25, -0.2) is 4.98 Å². The van der Waals surface area contributed by atoms with Crippen LogP contribution < -0.4 is 10.5 Å². The molecule has 0 aliphatic carbocycles. The SMILES string of the molecule is CCCCCCCCN1C(=O)/C(=C\c2c(N3CC(C)CC(C)C3)nc3c(C)cccn3c2=O)SC1=S. The second-order valence-corrected chi connectivity index (χ2v) is 12.2. The van der Waals surface area contributed by atoms with Gasteiger partial charge in [0.2, 0.25) is 0 Å². The van der Waals surface area contributed by atoms with Gasteiger partial charge in [-0.2, -0.15) is 0 Å². The zero-order valence-electron chi connectivity index (χ0n) is 22.0. The number of unbranched alkanes of at least 4 members (excludes halogenated alkanes) is 5. The zero-order chi connectivity index (χ0) is 25.8. The van der Waals surface area contributed by atoms with E-state index in [4.69, 9.17) is 17.2 Å². The van der Waals surface area contributed by atoms with E-state index < -0.39 is 0 Å². The number of pyridine rings is 1. The number of rotatable bonds is 9. The van der Waals surface area contributed by atoms with Crippen molar-refractivity contribution >= 4 is 51.7 Å². The third-order valence-electron chi connectivity index (χ3n) is 7.12. The molecular weight excluding hydrogens is 488 g/mol. The molecular formula is C28H38N4O2S2. The lowest BCUT2D eigenvalue weighted by Gasteiger charge is -2.36. The van der Waals surface area contributed by atoms with Gasteiger partial charge >= 0.3 is 0 Å². The number of hydrogen-bond acceptors (Lipinski definition) is 6. The Morgan fingerprint density at radius 2 is 1.81 bits per heavy atom. The number of aromatic nitrogens is 2. The molecule has 2 aromatic heterocycles. The minimum Gasteiger partial charge on any atom is -0.355 e. The highest BCUT2D eigenvalue weighted by Gasteiger charge is 2.33. The van der Waals surface area contributed by atoms with Crippen molar-refractivity contribution < 1.29 is 4.79 Å². The number of hydrogen-bond donors (Lipinski definition) is 0. The minimum absolute atomic E-state index is 0.0985. The summed E-state index contributed by atoms with van der Waals surface area (Å²) in [5, 5.41) is 0. The van der Waals surface area contributed by atoms with Crippen molar-refractivity contribution in [2.24, 2.45) is 11.8 Å². The van der Waals surface area contributed by atoms with E-state index in [0.29, 0.717) is 44.6 Å². The van der Waals surface area contributed by atoms with Crippen molar-refractivity contribution in [3.8, 4) is 0 Å². The zero-order valence-corrected chi connectivity index (χ0v) is 23.6. The average Bonchev–Trinajstić information content (AvgIpc) is 3.10. The molecule has 4 rings (SSSR count). The standard InChI is InChI=1S/C28H38N4O2S2/c1-5-6-7-8-9-10-13-32-27(34)23(36-28(32)35)16-22-25(30-17-19(2)15-20(3)18-30)29-24-21(4)12-11-14-31(24)26(22)33/h11-12,14,16,19-20H,5-10,13,15,17-18H2,1-4H3/b23-16+. The molecule has 8 heteroatoms. The summed E-state index contributed by atoms with van der Waals surface area (Å²) in [5.74, 6) is 1.59. The predicted octanol–water partition coefficient (Wildman–Crippen LogP) is 6.05. The molecule has 0 saturated carbocycles. The van der Waals surface area contributed by atoms with Crippen molar-refractivity contribution in [2.75, 3.05) is 24.5 Å². The fourth-order valence-electron chi connectivity index (χ4n) is 5.38. The van der Waals surface area contributed by atoms with Gasteiger partial charge in [-0.1, -0.05) is 82.9 Å². The number of piperidine rings is 1. The molecule has 2 aromatic rings. The van der Waals surface area contributed by atoms with E-state index in [1.807, 2.05) is 19.1 Å². The van der Waals surface area contributed by atoms with Crippen LogP contribution in [0.3, 0.4) is 0 Å². The first-order valence-corrected chi connectivity index (χ1v) is 14.5. The Morgan fingerprint density at radius 1 is 1.11 bits per heavy atom. The van der Waals surface area contributed by atoms with Crippen molar-refractivity contribution in [2.45, 2.75) is 72.6 Å². The fraction of sp³-hybridized carbons (Fsp3) is 0.571. The van der Waals surface area contributed by atoms with E-state index in [-0.39, 0.29) is 11.5 Å². The third-order valence-corrected chi connectivity index (χ3v) is 8.49. The van der Waals surface area contributed by atoms with E-state index in [2.05, 4.69) is 25.7 Å². The Labute approximate surface area is 224 Å². The molecule has 0 spiro atoms. The van der Waals surface area contributed by atoms with Crippen LogP contribution in [0.5, 0.6) is 0 Å². The molecule has 4 heterocycles. The van der Waals surface area contributed by atoms with E-state index in [1.165, 1.54) is 37.4 Å². The number of anilines is 1. The van der Waals surface area contributed by atoms with E-state index in [0.717, 1.165) is 37.9 Å². The molecule has 36 heavy (non-hydrogen) atoms. The fourth-order valence-corrected chi connectivity index (χ4v) is 6.67. The summed E-state index contributed by atoms with van der Waals surface area (Å²) in [5.41, 5.74) is 1.94. The number of aryl methyl sites for hydroxylation is 1. The largest absolute Gasteiger partial charge is 0.355 e. The normalized spacial score (nSPS) is 21.8. The summed E-state index contributed by atoms with van der Waals surface area (Å²) in [4.78, 5) is 36.5. The maximum Gasteiger partial charge on any atom is 0.267 e. The Kier molecular flexibility index (Phi) is 8.88. The molecule has 2 saturated heterocycles. The van der Waals surface area contributed by atoms with Crippen LogP contribution in [0.15, 0.2) is 28.0 Å². The molecule has 2 atom stereocenters. The molecule has 2 unspecified atom stereocenters. The summed E-state index contributed by atoms with van der Waals surface area (Å²) in [6.45, 7) is 11.0. The maximum atomic E-state index is 13.7. The molecule has 0 N–H and O–H groups in total. The van der Waals surface area contributed by atoms with E-state index in [9.17, 15) is 9.59 Å². The Balaban J connectivity index is 1.66. The molecule has 0 radical (unpaired) electrons. The average molecular weight is 527 g/mol. The van der Waals surface area contributed by atoms with E-state index in [1.54, 1.807) is 21.6 Å². The number of thioether (sulfide) groups is 1. The van der Waals surface area contributed by atoms with Crippen LogP contribution in [0.4, 0.5) is 5.82 Å². The van der Waals surface area contributed by atoms with Gasteiger partial charge in [-0.15, -0.1) is 0 Å². The van der Waals surface area contributed by atoms with Gasteiger partial charge in [0.25, 0.3) is 11.5 Å². The molecule has 0 aromatic carbocycles. The van der Waals surface area contributed by atoms with Crippen LogP contribution in [-0.2, 0) is 4.79 Å². The van der Waals surface area contributed by atoms with Crippen LogP contribution in [0, 0.1) is 18.8 Å². The number of carbonyl (C=O) groups is 1. The van der Waals surface area contributed by atoms with Crippen molar-refractivity contribution in [3.63, 3.8) is 0 Å². The van der Waals surface area contributed by atoms with Gasteiger partial charge in [0.05, 0.1) is 10.5 Å². The second-order valence-electron chi connectivity index (χ2n) is 10.5. The minimum atomic E-state index is -0.147. The quantitative estimate of drug-likeness (QED) is 0.225. The van der Waals surface area contributed by atoms with Crippen LogP contribution in [0.2, 0.25) is 0 Å². The van der Waals surface area contributed by atoms with Crippen LogP contribution >= 0.6 is 24.0 Å².